The highest BCUT2D eigenvalue weighted by molar-refractivity contribution is 4.99. The fourth-order valence-electron chi connectivity index (χ4n) is 2.27. The summed E-state index contributed by atoms with van der Waals surface area (Å²) in [7, 11) is 4.03. The molecule has 1 aliphatic carbocycles. The molecule has 1 fully saturated rings. The maximum absolute atomic E-state index is 9.92. The lowest BCUT2D eigenvalue weighted by Crippen LogP contribution is -2.31. The number of aliphatic hydroxyl groups is 1. The topological polar surface area (TPSA) is 54.2 Å². The number of hydrogen-bond acceptors (Lipinski definition) is 4. The van der Waals surface area contributed by atoms with E-state index in [-0.39, 0.29) is 6.10 Å². The zero-order valence-corrected chi connectivity index (χ0v) is 11.8. The van der Waals surface area contributed by atoms with Crippen LogP contribution in [0.2, 0.25) is 0 Å². The normalized spacial score (nSPS) is 17.7. The number of rotatable bonds is 6. The van der Waals surface area contributed by atoms with Gasteiger partial charge in [-0.25, -0.2) is 0 Å². The maximum Gasteiger partial charge on any atom is 0.146 e. The quantitative estimate of drug-likeness (QED) is 0.825. The van der Waals surface area contributed by atoms with E-state index in [0.717, 1.165) is 18.2 Å². The summed E-state index contributed by atoms with van der Waals surface area (Å²) in [6.45, 7) is 5.69. The van der Waals surface area contributed by atoms with Gasteiger partial charge in [-0.15, -0.1) is 10.2 Å². The van der Waals surface area contributed by atoms with E-state index in [2.05, 4.69) is 33.5 Å². The zero-order chi connectivity index (χ0) is 13.3. The van der Waals surface area contributed by atoms with Crippen LogP contribution in [0.5, 0.6) is 0 Å². The predicted molar refractivity (Wildman–Crippen MR) is 70.2 cm³/mol. The van der Waals surface area contributed by atoms with Crippen molar-refractivity contribution in [1.82, 2.24) is 19.7 Å². The second-order valence-electron chi connectivity index (χ2n) is 5.79. The molecule has 0 spiro atoms. The SMILES string of the molecule is CC(C)c1nnc(CN(C)CC(O)C2CC2)n1C. The van der Waals surface area contributed by atoms with Gasteiger partial charge < -0.3 is 9.67 Å². The van der Waals surface area contributed by atoms with Crippen molar-refractivity contribution in [3.05, 3.63) is 11.6 Å². The van der Waals surface area contributed by atoms with Crippen LogP contribution < -0.4 is 0 Å². The molecule has 0 aromatic carbocycles. The average Bonchev–Trinajstić information content (AvgIpc) is 3.06. The summed E-state index contributed by atoms with van der Waals surface area (Å²) < 4.78 is 2.06. The molecule has 1 unspecified atom stereocenters. The van der Waals surface area contributed by atoms with Crippen LogP contribution in [0.4, 0.5) is 0 Å². The number of aliphatic hydroxyl groups excluding tert-OH is 1. The van der Waals surface area contributed by atoms with E-state index in [0.29, 0.717) is 18.4 Å². The Labute approximate surface area is 109 Å². The van der Waals surface area contributed by atoms with Crippen molar-refractivity contribution in [2.24, 2.45) is 13.0 Å². The minimum absolute atomic E-state index is 0.187. The van der Waals surface area contributed by atoms with Gasteiger partial charge in [0.1, 0.15) is 11.6 Å². The number of aromatic nitrogens is 3. The van der Waals surface area contributed by atoms with E-state index < -0.39 is 0 Å². The summed E-state index contributed by atoms with van der Waals surface area (Å²) in [6.07, 6.45) is 2.17. The Morgan fingerprint density at radius 1 is 1.39 bits per heavy atom. The summed E-state index contributed by atoms with van der Waals surface area (Å²) in [5.74, 6) is 2.89. The molecule has 0 saturated heterocycles. The lowest BCUT2D eigenvalue weighted by atomic mass is 10.2. The summed E-state index contributed by atoms with van der Waals surface area (Å²) >= 11 is 0. The molecule has 1 aromatic rings. The number of hydrogen-bond donors (Lipinski definition) is 1. The Balaban J connectivity index is 1.91. The van der Waals surface area contributed by atoms with Gasteiger partial charge >= 0.3 is 0 Å². The van der Waals surface area contributed by atoms with Crippen LogP contribution in [0.15, 0.2) is 0 Å². The Bertz CT molecular complexity index is 398. The summed E-state index contributed by atoms with van der Waals surface area (Å²) in [5, 5.41) is 18.4. The molecule has 1 aliphatic rings. The molecule has 0 bridgehead atoms. The van der Waals surface area contributed by atoms with Crippen molar-refractivity contribution in [3.63, 3.8) is 0 Å². The van der Waals surface area contributed by atoms with E-state index in [9.17, 15) is 5.11 Å². The van der Waals surface area contributed by atoms with Gasteiger partial charge in [-0.2, -0.15) is 0 Å². The van der Waals surface area contributed by atoms with Gasteiger partial charge in [-0.3, -0.25) is 4.90 Å². The Hall–Kier alpha value is -0.940. The van der Waals surface area contributed by atoms with Crippen LogP contribution >= 0.6 is 0 Å². The lowest BCUT2D eigenvalue weighted by Gasteiger charge is -2.19. The van der Waals surface area contributed by atoms with Gasteiger partial charge in [0.15, 0.2) is 0 Å². The Morgan fingerprint density at radius 3 is 2.56 bits per heavy atom. The van der Waals surface area contributed by atoms with Gasteiger partial charge in [0.25, 0.3) is 0 Å². The van der Waals surface area contributed by atoms with E-state index in [4.69, 9.17) is 0 Å². The zero-order valence-electron chi connectivity index (χ0n) is 11.8. The first-order valence-corrected chi connectivity index (χ1v) is 6.73. The molecule has 102 valence electrons. The van der Waals surface area contributed by atoms with Gasteiger partial charge in [-0.1, -0.05) is 13.8 Å². The first kappa shape index (κ1) is 13.5. The van der Waals surface area contributed by atoms with Gasteiger partial charge in [-0.05, 0) is 25.8 Å². The minimum atomic E-state index is -0.187. The van der Waals surface area contributed by atoms with Gasteiger partial charge in [0.2, 0.25) is 0 Å². The standard InChI is InChI=1S/C13H24N4O/c1-9(2)13-15-14-12(17(13)4)8-16(3)7-11(18)10-5-6-10/h9-11,18H,5-8H2,1-4H3. The molecule has 0 radical (unpaired) electrons. The second-order valence-corrected chi connectivity index (χ2v) is 5.79. The smallest absolute Gasteiger partial charge is 0.146 e. The predicted octanol–water partition coefficient (Wildman–Crippen LogP) is 1.14. The third-order valence-electron chi connectivity index (χ3n) is 3.59. The monoisotopic (exact) mass is 252 g/mol. The van der Waals surface area contributed by atoms with Crippen LogP contribution in [0.3, 0.4) is 0 Å². The first-order chi connectivity index (χ1) is 8.49. The van der Waals surface area contributed by atoms with Crippen LogP contribution in [0, 0.1) is 5.92 Å². The third kappa shape index (κ3) is 3.09. The molecule has 0 amide bonds. The largest absolute Gasteiger partial charge is 0.392 e. The Morgan fingerprint density at radius 2 is 2.06 bits per heavy atom. The van der Waals surface area contributed by atoms with E-state index >= 15 is 0 Å². The van der Waals surface area contributed by atoms with E-state index in [1.807, 2.05) is 14.1 Å². The fraction of sp³-hybridized carbons (Fsp3) is 0.846. The molecule has 5 nitrogen and oxygen atoms in total. The highest BCUT2D eigenvalue weighted by Gasteiger charge is 2.30. The number of nitrogens with zero attached hydrogens (tertiary/aromatic N) is 4. The average molecular weight is 252 g/mol. The van der Waals surface area contributed by atoms with Crippen LogP contribution in [0.1, 0.15) is 44.3 Å². The molecule has 1 N–H and O–H groups in total. The minimum Gasteiger partial charge on any atom is -0.392 e. The van der Waals surface area contributed by atoms with Crippen molar-refractivity contribution in [1.29, 1.82) is 0 Å². The summed E-state index contributed by atoms with van der Waals surface area (Å²) in [4.78, 5) is 2.12. The van der Waals surface area contributed by atoms with Gasteiger partial charge in [0, 0.05) is 19.5 Å². The third-order valence-corrected chi connectivity index (χ3v) is 3.59. The number of likely N-dealkylation sites (N-methyl/N-ethyl adjacent to an activating group) is 1. The molecule has 2 rings (SSSR count). The van der Waals surface area contributed by atoms with Crippen molar-refractivity contribution >= 4 is 0 Å². The molecule has 0 aliphatic heterocycles. The van der Waals surface area contributed by atoms with Crippen LogP contribution in [0.25, 0.3) is 0 Å². The van der Waals surface area contributed by atoms with Crippen molar-refractivity contribution in [2.75, 3.05) is 13.6 Å². The molecule has 1 heterocycles. The highest BCUT2D eigenvalue weighted by atomic mass is 16.3. The molecule has 1 saturated carbocycles. The van der Waals surface area contributed by atoms with E-state index in [1.165, 1.54) is 12.8 Å². The molecule has 1 atom stereocenters. The second kappa shape index (κ2) is 5.36. The molecular formula is C13H24N4O. The van der Waals surface area contributed by atoms with E-state index in [1.54, 1.807) is 0 Å². The van der Waals surface area contributed by atoms with Crippen molar-refractivity contribution < 1.29 is 5.11 Å². The van der Waals surface area contributed by atoms with Crippen molar-refractivity contribution in [2.45, 2.75) is 45.3 Å². The first-order valence-electron chi connectivity index (χ1n) is 6.73. The molecular weight excluding hydrogens is 228 g/mol. The van der Waals surface area contributed by atoms with Gasteiger partial charge in [0.05, 0.1) is 12.6 Å². The molecule has 18 heavy (non-hydrogen) atoms. The summed E-state index contributed by atoms with van der Waals surface area (Å²) in [6, 6.07) is 0. The maximum atomic E-state index is 9.92. The fourth-order valence-corrected chi connectivity index (χ4v) is 2.27. The molecule has 1 aromatic heterocycles. The molecule has 5 heteroatoms. The highest BCUT2D eigenvalue weighted by Crippen LogP contribution is 2.32. The van der Waals surface area contributed by atoms with Crippen molar-refractivity contribution in [3.8, 4) is 0 Å². The Kier molecular flexibility index (Phi) is 4.02. The summed E-state index contributed by atoms with van der Waals surface area (Å²) in [5.41, 5.74) is 0. The van der Waals surface area contributed by atoms with Crippen LogP contribution in [-0.2, 0) is 13.6 Å². The lowest BCUT2D eigenvalue weighted by molar-refractivity contribution is 0.103. The van der Waals surface area contributed by atoms with Crippen LogP contribution in [-0.4, -0.2) is 44.5 Å².